The zero-order chi connectivity index (χ0) is 18.8. The van der Waals surface area contributed by atoms with Crippen LogP contribution in [0.25, 0.3) is 22.2 Å². The Kier molecular flexibility index (Phi) is 4.86. The number of benzene rings is 2. The smallest absolute Gasteiger partial charge is 0.254 e. The molecular formula is C22H21FN2O2. The van der Waals surface area contributed by atoms with Gasteiger partial charge >= 0.3 is 0 Å². The first-order chi connectivity index (χ1) is 13.1. The molecule has 0 saturated carbocycles. The molecule has 0 radical (unpaired) electrons. The van der Waals surface area contributed by atoms with Gasteiger partial charge in [0.2, 0.25) is 0 Å². The molecule has 1 unspecified atom stereocenters. The molecule has 1 amide bonds. The van der Waals surface area contributed by atoms with E-state index in [4.69, 9.17) is 4.74 Å². The van der Waals surface area contributed by atoms with Crippen LogP contribution in [0, 0.1) is 11.7 Å². The minimum Gasteiger partial charge on any atom is -0.381 e. The second-order valence-electron chi connectivity index (χ2n) is 6.99. The van der Waals surface area contributed by atoms with Crippen molar-refractivity contribution in [2.24, 2.45) is 5.92 Å². The number of carbonyl (C=O) groups is 1. The first-order valence-corrected chi connectivity index (χ1v) is 9.11. The van der Waals surface area contributed by atoms with Crippen molar-refractivity contribution in [3.05, 3.63) is 66.0 Å². The quantitative estimate of drug-likeness (QED) is 0.698. The van der Waals surface area contributed by atoms with Gasteiger partial charge in [0, 0.05) is 37.1 Å². The maximum Gasteiger partial charge on any atom is 0.254 e. The van der Waals surface area contributed by atoms with E-state index in [9.17, 15) is 9.18 Å². The standard InChI is InChI=1S/C22H21FN2O2/c1-25(13-15-10-11-27-14-15)22(26)19-12-21(16-6-8-17(23)9-7-16)24-20-5-3-2-4-18(19)20/h2-9,12,15H,10-11,13-14H2,1H3. The zero-order valence-electron chi connectivity index (χ0n) is 15.2. The van der Waals surface area contributed by atoms with Crippen LogP contribution >= 0.6 is 0 Å². The van der Waals surface area contributed by atoms with E-state index in [1.54, 1.807) is 23.1 Å². The van der Waals surface area contributed by atoms with E-state index in [1.807, 2.05) is 31.3 Å². The lowest BCUT2D eigenvalue weighted by molar-refractivity contribution is 0.0768. The first kappa shape index (κ1) is 17.6. The molecule has 1 aliphatic heterocycles. The summed E-state index contributed by atoms with van der Waals surface area (Å²) in [7, 11) is 1.83. The van der Waals surface area contributed by atoms with Crippen molar-refractivity contribution < 1.29 is 13.9 Å². The highest BCUT2D eigenvalue weighted by Crippen LogP contribution is 2.26. The third-order valence-electron chi connectivity index (χ3n) is 4.99. The molecule has 1 aromatic heterocycles. The molecule has 27 heavy (non-hydrogen) atoms. The number of carbonyl (C=O) groups excluding carboxylic acids is 1. The Morgan fingerprint density at radius 3 is 2.74 bits per heavy atom. The Morgan fingerprint density at radius 2 is 2.00 bits per heavy atom. The van der Waals surface area contributed by atoms with Gasteiger partial charge < -0.3 is 9.64 Å². The summed E-state index contributed by atoms with van der Waals surface area (Å²) in [5, 5.41) is 0.822. The van der Waals surface area contributed by atoms with Gasteiger partial charge in [-0.2, -0.15) is 0 Å². The average Bonchev–Trinajstić information content (AvgIpc) is 3.20. The van der Waals surface area contributed by atoms with Crippen LogP contribution in [0.15, 0.2) is 54.6 Å². The molecule has 1 fully saturated rings. The fraction of sp³-hybridized carbons (Fsp3) is 0.273. The zero-order valence-corrected chi connectivity index (χ0v) is 15.2. The predicted molar refractivity (Wildman–Crippen MR) is 103 cm³/mol. The van der Waals surface area contributed by atoms with Gasteiger partial charge in [-0.15, -0.1) is 0 Å². The third-order valence-corrected chi connectivity index (χ3v) is 4.99. The number of halogens is 1. The van der Waals surface area contributed by atoms with Crippen LogP contribution in [0.1, 0.15) is 16.8 Å². The van der Waals surface area contributed by atoms with E-state index < -0.39 is 0 Å². The lowest BCUT2D eigenvalue weighted by atomic mass is 10.0. The number of aromatic nitrogens is 1. The molecule has 5 heteroatoms. The highest BCUT2D eigenvalue weighted by Gasteiger charge is 2.22. The van der Waals surface area contributed by atoms with Gasteiger partial charge in [0.05, 0.1) is 23.4 Å². The van der Waals surface area contributed by atoms with Crippen LogP contribution in [0.5, 0.6) is 0 Å². The summed E-state index contributed by atoms with van der Waals surface area (Å²) in [6.07, 6.45) is 0.982. The molecule has 0 N–H and O–H groups in total. The van der Waals surface area contributed by atoms with Crippen molar-refractivity contribution >= 4 is 16.8 Å². The van der Waals surface area contributed by atoms with Crippen LogP contribution in [0.3, 0.4) is 0 Å². The molecule has 2 heterocycles. The highest BCUT2D eigenvalue weighted by molar-refractivity contribution is 6.07. The van der Waals surface area contributed by atoms with Crippen LogP contribution in [0.4, 0.5) is 4.39 Å². The maximum absolute atomic E-state index is 13.3. The summed E-state index contributed by atoms with van der Waals surface area (Å²) in [6.45, 7) is 2.14. The second kappa shape index (κ2) is 7.45. The number of hydrogen-bond acceptors (Lipinski definition) is 3. The Morgan fingerprint density at radius 1 is 1.22 bits per heavy atom. The molecule has 0 spiro atoms. The van der Waals surface area contributed by atoms with Crippen LogP contribution in [0.2, 0.25) is 0 Å². The summed E-state index contributed by atoms with van der Waals surface area (Å²) in [6, 6.07) is 15.6. The number of pyridine rings is 1. The maximum atomic E-state index is 13.3. The number of amides is 1. The molecule has 4 rings (SSSR count). The normalized spacial score (nSPS) is 16.6. The monoisotopic (exact) mass is 364 g/mol. The minimum absolute atomic E-state index is 0.0381. The van der Waals surface area contributed by atoms with E-state index in [2.05, 4.69) is 4.98 Å². The van der Waals surface area contributed by atoms with Crippen molar-refractivity contribution in [3.63, 3.8) is 0 Å². The Balaban J connectivity index is 1.73. The topological polar surface area (TPSA) is 42.4 Å². The first-order valence-electron chi connectivity index (χ1n) is 9.11. The second-order valence-corrected chi connectivity index (χ2v) is 6.99. The van der Waals surface area contributed by atoms with Gasteiger partial charge in [-0.3, -0.25) is 4.79 Å². The lowest BCUT2D eigenvalue weighted by Crippen LogP contribution is -2.32. The van der Waals surface area contributed by atoms with Crippen molar-refractivity contribution in [1.29, 1.82) is 0 Å². The fourth-order valence-corrected chi connectivity index (χ4v) is 3.52. The van der Waals surface area contributed by atoms with Gasteiger partial charge in [0.1, 0.15) is 5.82 Å². The summed E-state index contributed by atoms with van der Waals surface area (Å²) in [5.41, 5.74) is 2.80. The van der Waals surface area contributed by atoms with E-state index >= 15 is 0 Å². The number of para-hydroxylation sites is 1. The van der Waals surface area contributed by atoms with Crippen molar-refractivity contribution in [2.45, 2.75) is 6.42 Å². The number of hydrogen-bond donors (Lipinski definition) is 0. The predicted octanol–water partition coefficient (Wildman–Crippen LogP) is 4.15. The Labute approximate surface area is 157 Å². The van der Waals surface area contributed by atoms with Gasteiger partial charge in [-0.25, -0.2) is 9.37 Å². The number of nitrogens with zero attached hydrogens (tertiary/aromatic N) is 2. The largest absolute Gasteiger partial charge is 0.381 e. The van der Waals surface area contributed by atoms with E-state index in [0.717, 1.165) is 29.5 Å². The van der Waals surface area contributed by atoms with Crippen LogP contribution < -0.4 is 0 Å². The third kappa shape index (κ3) is 3.69. The van der Waals surface area contributed by atoms with Crippen molar-refractivity contribution in [2.75, 3.05) is 26.8 Å². The molecular weight excluding hydrogens is 343 g/mol. The van der Waals surface area contributed by atoms with E-state index in [1.165, 1.54) is 12.1 Å². The van der Waals surface area contributed by atoms with Gasteiger partial charge in [0.15, 0.2) is 0 Å². The summed E-state index contributed by atoms with van der Waals surface area (Å²) < 4.78 is 18.7. The number of fused-ring (bicyclic) bond motifs is 1. The summed E-state index contributed by atoms with van der Waals surface area (Å²) in [4.78, 5) is 19.6. The van der Waals surface area contributed by atoms with Crippen molar-refractivity contribution in [1.82, 2.24) is 9.88 Å². The Hall–Kier alpha value is -2.79. The highest BCUT2D eigenvalue weighted by atomic mass is 19.1. The fourth-order valence-electron chi connectivity index (χ4n) is 3.52. The summed E-state index contributed by atoms with van der Waals surface area (Å²) in [5.74, 6) is 0.0434. The van der Waals surface area contributed by atoms with Crippen molar-refractivity contribution in [3.8, 4) is 11.3 Å². The van der Waals surface area contributed by atoms with Gasteiger partial charge in [0.25, 0.3) is 5.91 Å². The van der Waals surface area contributed by atoms with E-state index in [-0.39, 0.29) is 11.7 Å². The molecule has 2 aromatic carbocycles. The van der Waals surface area contributed by atoms with Crippen LogP contribution in [-0.2, 0) is 4.74 Å². The molecule has 1 saturated heterocycles. The molecule has 1 atom stereocenters. The lowest BCUT2D eigenvalue weighted by Gasteiger charge is -2.21. The van der Waals surface area contributed by atoms with Crippen LogP contribution in [-0.4, -0.2) is 42.6 Å². The SMILES string of the molecule is CN(CC1CCOC1)C(=O)c1cc(-c2ccc(F)cc2)nc2ccccc12. The molecule has 0 aliphatic carbocycles. The molecule has 4 nitrogen and oxygen atoms in total. The summed E-state index contributed by atoms with van der Waals surface area (Å²) >= 11 is 0. The number of ether oxygens (including phenoxy) is 1. The molecule has 1 aliphatic rings. The minimum atomic E-state index is -0.297. The molecule has 138 valence electrons. The number of rotatable bonds is 4. The Bertz CT molecular complexity index is 966. The molecule has 0 bridgehead atoms. The van der Waals surface area contributed by atoms with E-state index in [0.29, 0.717) is 30.3 Å². The molecule has 3 aromatic rings. The average molecular weight is 364 g/mol. The van der Waals surface area contributed by atoms with Gasteiger partial charge in [-0.1, -0.05) is 18.2 Å². The van der Waals surface area contributed by atoms with Gasteiger partial charge in [-0.05, 0) is 42.8 Å².